The summed E-state index contributed by atoms with van der Waals surface area (Å²) in [6.45, 7) is 4.18. The highest BCUT2D eigenvalue weighted by Crippen LogP contribution is 2.10. The van der Waals surface area contributed by atoms with Gasteiger partial charge in [0, 0.05) is 17.0 Å². The van der Waals surface area contributed by atoms with Gasteiger partial charge in [0.05, 0.1) is 5.52 Å². The van der Waals surface area contributed by atoms with Crippen LogP contribution in [0.1, 0.15) is 31.9 Å². The third kappa shape index (κ3) is 5.18. The van der Waals surface area contributed by atoms with E-state index in [-0.39, 0.29) is 0 Å². The molecule has 0 aliphatic carbocycles. The van der Waals surface area contributed by atoms with Gasteiger partial charge in [0.15, 0.2) is 0 Å². The van der Waals surface area contributed by atoms with Crippen molar-refractivity contribution in [2.75, 3.05) is 5.88 Å². The molecule has 0 aliphatic heterocycles. The molecule has 0 unspecified atom stereocenters. The maximum absolute atomic E-state index is 5.38. The lowest BCUT2D eigenvalue weighted by molar-refractivity contribution is 0.776. The van der Waals surface area contributed by atoms with E-state index < -0.39 is 0 Å². The zero-order valence-corrected chi connectivity index (χ0v) is 11.4. The number of nitrogens with zero attached hydrogens (tertiary/aromatic N) is 1. The SMILES string of the molecule is CCCCCCl.Cc1ccc2ccccc2n1. The summed E-state index contributed by atoms with van der Waals surface area (Å²) in [5.41, 5.74) is 2.15. The number of hydrogen-bond donors (Lipinski definition) is 0. The maximum Gasteiger partial charge on any atom is 0.0705 e. The van der Waals surface area contributed by atoms with Crippen LogP contribution in [0.3, 0.4) is 0 Å². The van der Waals surface area contributed by atoms with Crippen LogP contribution >= 0.6 is 11.6 Å². The van der Waals surface area contributed by atoms with E-state index in [2.05, 4.69) is 24.0 Å². The molecule has 92 valence electrons. The normalized spacial score (nSPS) is 9.82. The van der Waals surface area contributed by atoms with Crippen LogP contribution in [0.4, 0.5) is 0 Å². The summed E-state index contributed by atoms with van der Waals surface area (Å²) in [6.07, 6.45) is 3.73. The molecular formula is C15H20ClN. The zero-order valence-electron chi connectivity index (χ0n) is 10.6. The third-order valence-electron chi connectivity index (χ3n) is 2.47. The molecule has 2 aromatic rings. The van der Waals surface area contributed by atoms with Gasteiger partial charge in [0.1, 0.15) is 0 Å². The van der Waals surface area contributed by atoms with Crippen LogP contribution in [0.15, 0.2) is 36.4 Å². The Hall–Kier alpha value is -1.08. The number of benzene rings is 1. The Kier molecular flexibility index (Phi) is 6.64. The smallest absolute Gasteiger partial charge is 0.0705 e. The molecule has 2 heteroatoms. The quantitative estimate of drug-likeness (QED) is 0.554. The van der Waals surface area contributed by atoms with E-state index in [9.17, 15) is 0 Å². The second kappa shape index (κ2) is 8.08. The Balaban J connectivity index is 0.000000209. The van der Waals surface area contributed by atoms with Gasteiger partial charge in [-0.2, -0.15) is 0 Å². The second-order valence-electron chi connectivity index (χ2n) is 4.04. The average molecular weight is 250 g/mol. The molecule has 1 heterocycles. The predicted octanol–water partition coefficient (Wildman–Crippen LogP) is 4.96. The first-order valence-electron chi connectivity index (χ1n) is 6.16. The van der Waals surface area contributed by atoms with E-state index in [4.69, 9.17) is 11.6 Å². The molecule has 0 N–H and O–H groups in total. The Bertz CT molecular complexity index is 436. The average Bonchev–Trinajstić information content (AvgIpc) is 2.37. The molecule has 0 amide bonds. The first kappa shape index (κ1) is 14.0. The van der Waals surface area contributed by atoms with E-state index in [1.165, 1.54) is 24.6 Å². The van der Waals surface area contributed by atoms with Crippen LogP contribution in [0.5, 0.6) is 0 Å². The van der Waals surface area contributed by atoms with Gasteiger partial charge in [0.25, 0.3) is 0 Å². The number of aromatic nitrogens is 1. The van der Waals surface area contributed by atoms with Gasteiger partial charge in [-0.15, -0.1) is 11.6 Å². The molecule has 0 bridgehead atoms. The molecule has 1 nitrogen and oxygen atoms in total. The minimum absolute atomic E-state index is 0.827. The van der Waals surface area contributed by atoms with Gasteiger partial charge in [0.2, 0.25) is 0 Å². The van der Waals surface area contributed by atoms with E-state index in [1.807, 2.05) is 31.2 Å². The highest BCUT2D eigenvalue weighted by molar-refractivity contribution is 6.17. The number of hydrogen-bond acceptors (Lipinski definition) is 1. The molecule has 0 spiro atoms. The van der Waals surface area contributed by atoms with Crippen LogP contribution < -0.4 is 0 Å². The lowest BCUT2D eigenvalue weighted by Gasteiger charge is -1.95. The summed E-state index contributed by atoms with van der Waals surface area (Å²) in [6, 6.07) is 12.3. The summed E-state index contributed by atoms with van der Waals surface area (Å²) in [7, 11) is 0. The van der Waals surface area contributed by atoms with Crippen molar-refractivity contribution in [3.8, 4) is 0 Å². The van der Waals surface area contributed by atoms with Gasteiger partial charge in [-0.1, -0.05) is 44.0 Å². The lowest BCUT2D eigenvalue weighted by Crippen LogP contribution is -1.80. The van der Waals surface area contributed by atoms with Crippen LogP contribution in [0.2, 0.25) is 0 Å². The number of fused-ring (bicyclic) bond motifs is 1. The fraction of sp³-hybridized carbons (Fsp3) is 0.400. The van der Waals surface area contributed by atoms with Crippen molar-refractivity contribution in [3.63, 3.8) is 0 Å². The van der Waals surface area contributed by atoms with Crippen molar-refractivity contribution >= 4 is 22.5 Å². The molecule has 0 radical (unpaired) electrons. The van der Waals surface area contributed by atoms with E-state index >= 15 is 0 Å². The van der Waals surface area contributed by atoms with E-state index in [1.54, 1.807) is 0 Å². The number of alkyl halides is 1. The fourth-order valence-electron chi connectivity index (χ4n) is 1.51. The van der Waals surface area contributed by atoms with Crippen LogP contribution in [0, 0.1) is 6.92 Å². The number of para-hydroxylation sites is 1. The van der Waals surface area contributed by atoms with Gasteiger partial charge in [-0.3, -0.25) is 4.98 Å². The summed E-state index contributed by atoms with van der Waals surface area (Å²) >= 11 is 5.38. The Morgan fingerprint density at radius 2 is 1.82 bits per heavy atom. The van der Waals surface area contributed by atoms with Gasteiger partial charge in [-0.25, -0.2) is 0 Å². The number of aryl methyl sites for hydroxylation is 1. The molecule has 1 aromatic carbocycles. The summed E-state index contributed by atoms with van der Waals surface area (Å²) < 4.78 is 0. The molecule has 1 aromatic heterocycles. The maximum atomic E-state index is 5.38. The van der Waals surface area contributed by atoms with E-state index in [0.717, 1.165) is 17.1 Å². The summed E-state index contributed by atoms with van der Waals surface area (Å²) in [5, 5.41) is 1.21. The molecule has 0 saturated heterocycles. The van der Waals surface area contributed by atoms with Crippen LogP contribution in [0.25, 0.3) is 10.9 Å². The largest absolute Gasteiger partial charge is 0.253 e. The molecule has 2 rings (SSSR count). The monoisotopic (exact) mass is 249 g/mol. The first-order chi connectivity index (χ1) is 8.27. The minimum atomic E-state index is 0.827. The molecule has 17 heavy (non-hydrogen) atoms. The van der Waals surface area contributed by atoms with Gasteiger partial charge >= 0.3 is 0 Å². The van der Waals surface area contributed by atoms with Crippen molar-refractivity contribution < 1.29 is 0 Å². The predicted molar refractivity (Wildman–Crippen MR) is 76.7 cm³/mol. The van der Waals surface area contributed by atoms with Gasteiger partial charge in [-0.05, 0) is 25.5 Å². The lowest BCUT2D eigenvalue weighted by atomic mass is 10.2. The Morgan fingerprint density at radius 3 is 2.47 bits per heavy atom. The zero-order chi connectivity index (χ0) is 12.5. The topological polar surface area (TPSA) is 12.9 Å². The number of pyridine rings is 1. The minimum Gasteiger partial charge on any atom is -0.253 e. The highest BCUT2D eigenvalue weighted by Gasteiger charge is 1.91. The molecule has 0 aliphatic rings. The van der Waals surface area contributed by atoms with Gasteiger partial charge < -0.3 is 0 Å². The third-order valence-corrected chi connectivity index (χ3v) is 2.74. The summed E-state index contributed by atoms with van der Waals surface area (Å²) in [5.74, 6) is 0.827. The van der Waals surface area contributed by atoms with Crippen molar-refractivity contribution in [3.05, 3.63) is 42.1 Å². The molecular weight excluding hydrogens is 230 g/mol. The van der Waals surface area contributed by atoms with Crippen molar-refractivity contribution in [1.29, 1.82) is 0 Å². The second-order valence-corrected chi connectivity index (χ2v) is 4.42. The van der Waals surface area contributed by atoms with E-state index in [0.29, 0.717) is 0 Å². The van der Waals surface area contributed by atoms with Crippen LogP contribution in [-0.2, 0) is 0 Å². The number of halogens is 1. The van der Waals surface area contributed by atoms with Crippen LogP contribution in [-0.4, -0.2) is 10.9 Å². The number of unbranched alkanes of at least 4 members (excludes halogenated alkanes) is 2. The molecule has 0 fully saturated rings. The number of rotatable bonds is 3. The molecule has 0 atom stereocenters. The fourth-order valence-corrected chi connectivity index (χ4v) is 1.70. The van der Waals surface area contributed by atoms with Crippen molar-refractivity contribution in [2.24, 2.45) is 0 Å². The Labute approximate surface area is 109 Å². The van der Waals surface area contributed by atoms with Crippen molar-refractivity contribution in [1.82, 2.24) is 4.98 Å². The first-order valence-corrected chi connectivity index (χ1v) is 6.69. The summed E-state index contributed by atoms with van der Waals surface area (Å²) in [4.78, 5) is 4.38. The Morgan fingerprint density at radius 1 is 1.06 bits per heavy atom. The highest BCUT2D eigenvalue weighted by atomic mass is 35.5. The van der Waals surface area contributed by atoms with Crippen molar-refractivity contribution in [2.45, 2.75) is 33.1 Å². The molecule has 0 saturated carbocycles. The standard InChI is InChI=1S/C10H9N.C5H11Cl/c1-8-6-7-9-4-2-3-5-10(9)11-8;1-2-3-4-5-6/h2-7H,1H3;2-5H2,1H3.